The summed E-state index contributed by atoms with van der Waals surface area (Å²) in [5.41, 5.74) is 2.63. The van der Waals surface area contributed by atoms with E-state index in [4.69, 9.17) is 4.74 Å². The van der Waals surface area contributed by atoms with Crippen molar-refractivity contribution in [2.24, 2.45) is 0 Å². The van der Waals surface area contributed by atoms with Crippen LogP contribution in [0.5, 0.6) is 5.88 Å². The number of hydrogen-bond acceptors (Lipinski definition) is 3. The molecule has 0 saturated carbocycles. The Hall–Kier alpha value is -1.87. The Kier molecular flexibility index (Phi) is 5.76. The Labute approximate surface area is 127 Å². The molecule has 1 heterocycles. The lowest BCUT2D eigenvalue weighted by molar-refractivity contribution is 0.313. The zero-order chi connectivity index (χ0) is 15.1. The minimum absolute atomic E-state index is 0.502. The van der Waals surface area contributed by atoms with Crippen molar-refractivity contribution in [3.63, 3.8) is 0 Å². The van der Waals surface area contributed by atoms with Crippen LogP contribution in [-0.2, 0) is 6.54 Å². The molecule has 0 unspecified atom stereocenters. The lowest BCUT2D eigenvalue weighted by atomic mass is 9.99. The highest BCUT2D eigenvalue weighted by Crippen LogP contribution is 2.20. The summed E-state index contributed by atoms with van der Waals surface area (Å²) in [6.07, 6.45) is 3.04. The molecular weight excluding hydrogens is 260 g/mol. The SMILES string of the molecule is COc1ccc([C@H](C)CCN(C)Cc2ccccc2)cn1. The second-order valence-corrected chi connectivity index (χ2v) is 5.55. The van der Waals surface area contributed by atoms with E-state index in [-0.39, 0.29) is 0 Å². The standard InChI is InChI=1S/C18H24N2O/c1-15(17-9-10-18(21-3)19-13-17)11-12-20(2)14-16-7-5-4-6-8-16/h4-10,13,15H,11-12,14H2,1-3H3/t15-/m1/s1. The molecule has 2 rings (SSSR count). The number of hydrogen-bond donors (Lipinski definition) is 0. The van der Waals surface area contributed by atoms with Crippen LogP contribution in [0.4, 0.5) is 0 Å². The largest absolute Gasteiger partial charge is 0.481 e. The summed E-state index contributed by atoms with van der Waals surface area (Å²) in [6, 6.07) is 14.6. The van der Waals surface area contributed by atoms with E-state index in [0.717, 1.165) is 19.5 Å². The molecule has 3 nitrogen and oxygen atoms in total. The Morgan fingerprint density at radius 1 is 1.14 bits per heavy atom. The van der Waals surface area contributed by atoms with E-state index in [1.54, 1.807) is 7.11 Å². The van der Waals surface area contributed by atoms with E-state index >= 15 is 0 Å². The molecule has 0 aliphatic carbocycles. The molecule has 0 fully saturated rings. The minimum Gasteiger partial charge on any atom is -0.481 e. The van der Waals surface area contributed by atoms with Crippen LogP contribution in [0.15, 0.2) is 48.7 Å². The number of pyridine rings is 1. The predicted molar refractivity (Wildman–Crippen MR) is 86.6 cm³/mol. The van der Waals surface area contributed by atoms with Gasteiger partial charge in [-0.15, -0.1) is 0 Å². The summed E-state index contributed by atoms with van der Waals surface area (Å²) < 4.78 is 5.09. The fourth-order valence-electron chi connectivity index (χ4n) is 2.36. The van der Waals surface area contributed by atoms with E-state index < -0.39 is 0 Å². The Morgan fingerprint density at radius 3 is 2.52 bits per heavy atom. The van der Waals surface area contributed by atoms with Gasteiger partial charge in [0.1, 0.15) is 0 Å². The van der Waals surface area contributed by atoms with Crippen molar-refractivity contribution in [2.75, 3.05) is 20.7 Å². The number of rotatable bonds is 7. The van der Waals surface area contributed by atoms with E-state index in [0.29, 0.717) is 11.8 Å². The van der Waals surface area contributed by atoms with Gasteiger partial charge in [-0.1, -0.05) is 43.3 Å². The topological polar surface area (TPSA) is 25.4 Å². The molecule has 1 atom stereocenters. The van der Waals surface area contributed by atoms with Crippen molar-refractivity contribution in [3.05, 3.63) is 59.8 Å². The van der Waals surface area contributed by atoms with Gasteiger partial charge < -0.3 is 9.64 Å². The lowest BCUT2D eigenvalue weighted by Gasteiger charge is -2.19. The van der Waals surface area contributed by atoms with Crippen LogP contribution < -0.4 is 4.74 Å². The van der Waals surface area contributed by atoms with Crippen LogP contribution in [0.3, 0.4) is 0 Å². The first-order valence-corrected chi connectivity index (χ1v) is 7.41. The van der Waals surface area contributed by atoms with Crippen molar-refractivity contribution < 1.29 is 4.74 Å². The summed E-state index contributed by atoms with van der Waals surface area (Å²) in [5.74, 6) is 1.17. The first-order valence-electron chi connectivity index (χ1n) is 7.41. The maximum atomic E-state index is 5.09. The Bertz CT molecular complexity index is 525. The molecule has 0 radical (unpaired) electrons. The summed E-state index contributed by atoms with van der Waals surface area (Å²) in [7, 11) is 3.82. The minimum atomic E-state index is 0.502. The van der Waals surface area contributed by atoms with Crippen LogP contribution in [0.2, 0.25) is 0 Å². The van der Waals surface area contributed by atoms with Gasteiger partial charge in [0.25, 0.3) is 0 Å². The van der Waals surface area contributed by atoms with Crippen LogP contribution in [0.1, 0.15) is 30.4 Å². The monoisotopic (exact) mass is 284 g/mol. The van der Waals surface area contributed by atoms with Gasteiger partial charge in [-0.05, 0) is 37.1 Å². The number of benzene rings is 1. The molecular formula is C18H24N2O. The maximum Gasteiger partial charge on any atom is 0.212 e. The van der Waals surface area contributed by atoms with Gasteiger partial charge in [-0.25, -0.2) is 4.98 Å². The normalized spacial score (nSPS) is 12.4. The van der Waals surface area contributed by atoms with Crippen LogP contribution in [0, 0.1) is 0 Å². The average molecular weight is 284 g/mol. The first kappa shape index (κ1) is 15.5. The van der Waals surface area contributed by atoms with Crippen molar-refractivity contribution in [3.8, 4) is 5.88 Å². The highest BCUT2D eigenvalue weighted by molar-refractivity contribution is 5.20. The van der Waals surface area contributed by atoms with Crippen LogP contribution in [0.25, 0.3) is 0 Å². The number of methoxy groups -OCH3 is 1. The Balaban J connectivity index is 1.81. The molecule has 0 aliphatic rings. The quantitative estimate of drug-likeness (QED) is 0.775. The van der Waals surface area contributed by atoms with Crippen molar-refractivity contribution >= 4 is 0 Å². The van der Waals surface area contributed by atoms with E-state index in [1.807, 2.05) is 12.3 Å². The lowest BCUT2D eigenvalue weighted by Crippen LogP contribution is -2.20. The molecule has 21 heavy (non-hydrogen) atoms. The molecule has 112 valence electrons. The summed E-state index contributed by atoms with van der Waals surface area (Å²) in [5, 5.41) is 0. The third kappa shape index (κ3) is 4.87. The highest BCUT2D eigenvalue weighted by Gasteiger charge is 2.08. The number of ether oxygens (including phenoxy) is 1. The third-order valence-corrected chi connectivity index (χ3v) is 3.78. The summed E-state index contributed by atoms with van der Waals surface area (Å²) >= 11 is 0. The van der Waals surface area contributed by atoms with Gasteiger partial charge in [0.05, 0.1) is 7.11 Å². The average Bonchev–Trinajstić information content (AvgIpc) is 2.53. The van der Waals surface area contributed by atoms with Gasteiger partial charge in [-0.2, -0.15) is 0 Å². The van der Waals surface area contributed by atoms with Gasteiger partial charge in [0.2, 0.25) is 5.88 Å². The van der Waals surface area contributed by atoms with Crippen LogP contribution in [-0.4, -0.2) is 30.6 Å². The van der Waals surface area contributed by atoms with E-state index in [9.17, 15) is 0 Å². The fourth-order valence-corrected chi connectivity index (χ4v) is 2.36. The Morgan fingerprint density at radius 2 is 1.90 bits per heavy atom. The molecule has 1 aromatic heterocycles. The zero-order valence-electron chi connectivity index (χ0n) is 13.1. The van der Waals surface area contributed by atoms with Gasteiger partial charge in [0.15, 0.2) is 0 Å². The molecule has 3 heteroatoms. The number of nitrogens with zero attached hydrogens (tertiary/aromatic N) is 2. The third-order valence-electron chi connectivity index (χ3n) is 3.78. The van der Waals surface area contributed by atoms with Gasteiger partial charge in [-0.3, -0.25) is 0 Å². The van der Waals surface area contributed by atoms with Crippen molar-refractivity contribution in [1.82, 2.24) is 9.88 Å². The molecule has 0 aliphatic heterocycles. The highest BCUT2D eigenvalue weighted by atomic mass is 16.5. The van der Waals surface area contributed by atoms with Gasteiger partial charge in [0, 0.05) is 18.8 Å². The molecule has 2 aromatic rings. The van der Waals surface area contributed by atoms with E-state index in [1.165, 1.54) is 11.1 Å². The molecule has 0 saturated heterocycles. The smallest absolute Gasteiger partial charge is 0.212 e. The van der Waals surface area contributed by atoms with Gasteiger partial charge >= 0.3 is 0 Å². The van der Waals surface area contributed by atoms with Crippen LogP contribution >= 0.6 is 0 Å². The second-order valence-electron chi connectivity index (χ2n) is 5.55. The fraction of sp³-hybridized carbons (Fsp3) is 0.389. The molecule has 0 N–H and O–H groups in total. The zero-order valence-corrected chi connectivity index (χ0v) is 13.1. The first-order chi connectivity index (χ1) is 10.2. The molecule has 0 amide bonds. The van der Waals surface area contributed by atoms with Crippen molar-refractivity contribution in [2.45, 2.75) is 25.8 Å². The van der Waals surface area contributed by atoms with E-state index in [2.05, 4.69) is 60.3 Å². The molecule has 1 aromatic carbocycles. The predicted octanol–water partition coefficient (Wildman–Crippen LogP) is 3.72. The number of aromatic nitrogens is 1. The molecule has 0 spiro atoms. The van der Waals surface area contributed by atoms with Crippen molar-refractivity contribution in [1.29, 1.82) is 0 Å². The molecule has 0 bridgehead atoms. The summed E-state index contributed by atoms with van der Waals surface area (Å²) in [6.45, 7) is 4.32. The maximum absolute atomic E-state index is 5.09. The summed E-state index contributed by atoms with van der Waals surface area (Å²) in [4.78, 5) is 6.64. The second kappa shape index (κ2) is 7.79.